The van der Waals surface area contributed by atoms with E-state index in [2.05, 4.69) is 16.0 Å². The molecule has 3 N–H and O–H groups in total. The highest BCUT2D eigenvalue weighted by molar-refractivity contribution is 5.97. The van der Waals surface area contributed by atoms with Crippen LogP contribution in [0.5, 0.6) is 11.5 Å². The Kier molecular flexibility index (Phi) is 7.68. The molecule has 0 saturated carbocycles. The molecule has 1 unspecified atom stereocenters. The van der Waals surface area contributed by atoms with Crippen molar-refractivity contribution in [2.75, 3.05) is 31.4 Å². The number of carbonyl (C=O) groups excluding carboxylic acids is 2. The number of ether oxygens (including phenoxy) is 2. The molecular formula is C21H27N3O4. The summed E-state index contributed by atoms with van der Waals surface area (Å²) in [5.74, 6) is 0.770. The molecule has 0 spiro atoms. The van der Waals surface area contributed by atoms with Crippen LogP contribution in [-0.4, -0.2) is 38.6 Å². The Morgan fingerprint density at radius 2 is 1.86 bits per heavy atom. The van der Waals surface area contributed by atoms with E-state index >= 15 is 0 Å². The molecule has 7 heteroatoms. The molecule has 0 aliphatic rings. The number of amides is 2. The quantitative estimate of drug-likeness (QED) is 0.616. The molecular weight excluding hydrogens is 358 g/mol. The number of hydrogen-bond donors (Lipinski definition) is 3. The summed E-state index contributed by atoms with van der Waals surface area (Å²) in [5.41, 5.74) is 1.75. The SMILES string of the molecule is CCC(C)NC(=O)c1cccc(NCC(=O)Nc2cc(OC)ccc2OC)c1. The van der Waals surface area contributed by atoms with Crippen LogP contribution in [0.2, 0.25) is 0 Å². The average Bonchev–Trinajstić information content (AvgIpc) is 2.72. The van der Waals surface area contributed by atoms with E-state index in [1.807, 2.05) is 13.8 Å². The molecule has 0 fully saturated rings. The van der Waals surface area contributed by atoms with Gasteiger partial charge in [0.05, 0.1) is 26.5 Å². The summed E-state index contributed by atoms with van der Waals surface area (Å²) < 4.78 is 10.4. The number of benzene rings is 2. The topological polar surface area (TPSA) is 88.7 Å². The van der Waals surface area contributed by atoms with Gasteiger partial charge in [-0.2, -0.15) is 0 Å². The van der Waals surface area contributed by atoms with Crippen molar-refractivity contribution in [3.05, 3.63) is 48.0 Å². The van der Waals surface area contributed by atoms with Crippen molar-refractivity contribution < 1.29 is 19.1 Å². The van der Waals surface area contributed by atoms with Crippen LogP contribution >= 0.6 is 0 Å². The van der Waals surface area contributed by atoms with E-state index in [0.29, 0.717) is 28.4 Å². The second-order valence-electron chi connectivity index (χ2n) is 6.33. The molecule has 0 heterocycles. The summed E-state index contributed by atoms with van der Waals surface area (Å²) in [5, 5.41) is 8.74. The zero-order valence-electron chi connectivity index (χ0n) is 16.7. The molecule has 0 radical (unpaired) electrons. The summed E-state index contributed by atoms with van der Waals surface area (Å²) >= 11 is 0. The van der Waals surface area contributed by atoms with Crippen molar-refractivity contribution in [1.29, 1.82) is 0 Å². The van der Waals surface area contributed by atoms with E-state index in [9.17, 15) is 9.59 Å². The van der Waals surface area contributed by atoms with Gasteiger partial charge < -0.3 is 25.4 Å². The van der Waals surface area contributed by atoms with Crippen molar-refractivity contribution in [2.24, 2.45) is 0 Å². The van der Waals surface area contributed by atoms with Gasteiger partial charge in [-0.15, -0.1) is 0 Å². The van der Waals surface area contributed by atoms with Gasteiger partial charge >= 0.3 is 0 Å². The Bertz CT molecular complexity index is 823. The first-order chi connectivity index (χ1) is 13.5. The lowest BCUT2D eigenvalue weighted by atomic mass is 10.1. The summed E-state index contributed by atoms with van der Waals surface area (Å²) in [6.45, 7) is 4.01. The lowest BCUT2D eigenvalue weighted by molar-refractivity contribution is -0.114. The highest BCUT2D eigenvalue weighted by atomic mass is 16.5. The number of carbonyl (C=O) groups is 2. The van der Waals surface area contributed by atoms with Crippen molar-refractivity contribution in [3.8, 4) is 11.5 Å². The van der Waals surface area contributed by atoms with E-state index in [4.69, 9.17) is 9.47 Å². The molecule has 0 aliphatic heterocycles. The Labute approximate surface area is 165 Å². The average molecular weight is 385 g/mol. The van der Waals surface area contributed by atoms with Crippen LogP contribution in [0.1, 0.15) is 30.6 Å². The van der Waals surface area contributed by atoms with E-state index < -0.39 is 0 Å². The van der Waals surface area contributed by atoms with E-state index in [-0.39, 0.29) is 24.4 Å². The molecule has 0 bridgehead atoms. The summed E-state index contributed by atoms with van der Waals surface area (Å²) in [4.78, 5) is 24.5. The highest BCUT2D eigenvalue weighted by Crippen LogP contribution is 2.28. The first-order valence-electron chi connectivity index (χ1n) is 9.13. The standard InChI is InChI=1S/C21H27N3O4/c1-5-14(2)23-21(26)15-7-6-8-16(11-15)22-13-20(25)24-18-12-17(27-3)9-10-19(18)28-4/h6-12,14,22H,5,13H2,1-4H3,(H,23,26)(H,24,25). The van der Waals surface area contributed by atoms with E-state index in [1.165, 1.54) is 7.11 Å². The second-order valence-corrected chi connectivity index (χ2v) is 6.33. The summed E-state index contributed by atoms with van der Waals surface area (Å²) in [7, 11) is 3.09. The van der Waals surface area contributed by atoms with Gasteiger partial charge in [0.25, 0.3) is 5.91 Å². The second kappa shape index (κ2) is 10.2. The lowest BCUT2D eigenvalue weighted by Gasteiger charge is -2.14. The van der Waals surface area contributed by atoms with Gasteiger partial charge in [-0.3, -0.25) is 9.59 Å². The normalized spacial score (nSPS) is 11.3. The zero-order valence-corrected chi connectivity index (χ0v) is 16.7. The van der Waals surface area contributed by atoms with Crippen molar-refractivity contribution >= 4 is 23.2 Å². The fourth-order valence-electron chi connectivity index (χ4n) is 2.47. The Hall–Kier alpha value is -3.22. The van der Waals surface area contributed by atoms with Crippen LogP contribution in [-0.2, 0) is 4.79 Å². The largest absolute Gasteiger partial charge is 0.497 e. The Morgan fingerprint density at radius 3 is 2.54 bits per heavy atom. The maximum atomic E-state index is 12.3. The van der Waals surface area contributed by atoms with Gasteiger partial charge in [-0.1, -0.05) is 13.0 Å². The number of methoxy groups -OCH3 is 2. The first kappa shape index (κ1) is 21.1. The molecule has 0 aromatic heterocycles. The van der Waals surface area contributed by atoms with Crippen LogP contribution in [0.3, 0.4) is 0 Å². The van der Waals surface area contributed by atoms with Crippen LogP contribution in [0.25, 0.3) is 0 Å². The molecule has 0 saturated heterocycles. The van der Waals surface area contributed by atoms with Crippen molar-refractivity contribution in [3.63, 3.8) is 0 Å². The van der Waals surface area contributed by atoms with Crippen molar-refractivity contribution in [1.82, 2.24) is 5.32 Å². The van der Waals surface area contributed by atoms with Gasteiger partial charge in [-0.05, 0) is 43.7 Å². The summed E-state index contributed by atoms with van der Waals surface area (Å²) in [6, 6.07) is 12.3. The van der Waals surface area contributed by atoms with Crippen LogP contribution < -0.4 is 25.4 Å². The molecule has 2 amide bonds. The molecule has 2 aromatic carbocycles. The molecule has 2 aromatic rings. The van der Waals surface area contributed by atoms with Crippen LogP contribution in [0.15, 0.2) is 42.5 Å². The fraction of sp³-hybridized carbons (Fsp3) is 0.333. The molecule has 150 valence electrons. The molecule has 1 atom stereocenters. The highest BCUT2D eigenvalue weighted by Gasteiger charge is 2.11. The van der Waals surface area contributed by atoms with Gasteiger partial charge in [0.15, 0.2) is 0 Å². The Morgan fingerprint density at radius 1 is 1.07 bits per heavy atom. The minimum Gasteiger partial charge on any atom is -0.497 e. The van der Waals surface area contributed by atoms with Crippen molar-refractivity contribution in [2.45, 2.75) is 26.3 Å². The molecule has 0 aliphatic carbocycles. The predicted octanol–water partition coefficient (Wildman–Crippen LogP) is 3.28. The molecule has 28 heavy (non-hydrogen) atoms. The maximum Gasteiger partial charge on any atom is 0.251 e. The van der Waals surface area contributed by atoms with Crippen LogP contribution in [0.4, 0.5) is 11.4 Å². The number of rotatable bonds is 9. The summed E-state index contributed by atoms with van der Waals surface area (Å²) in [6.07, 6.45) is 0.859. The third-order valence-electron chi connectivity index (χ3n) is 4.25. The minimum atomic E-state index is -0.249. The van der Waals surface area contributed by atoms with Crippen LogP contribution in [0, 0.1) is 0 Å². The van der Waals surface area contributed by atoms with Gasteiger partial charge in [0.1, 0.15) is 11.5 Å². The van der Waals surface area contributed by atoms with Gasteiger partial charge in [0, 0.05) is 23.4 Å². The van der Waals surface area contributed by atoms with Gasteiger partial charge in [0.2, 0.25) is 5.91 Å². The minimum absolute atomic E-state index is 0.0385. The van der Waals surface area contributed by atoms with E-state index in [0.717, 1.165) is 6.42 Å². The predicted molar refractivity (Wildman–Crippen MR) is 110 cm³/mol. The molecule has 7 nitrogen and oxygen atoms in total. The first-order valence-corrected chi connectivity index (χ1v) is 9.13. The smallest absolute Gasteiger partial charge is 0.251 e. The fourth-order valence-corrected chi connectivity index (χ4v) is 2.47. The number of hydrogen-bond acceptors (Lipinski definition) is 5. The third-order valence-corrected chi connectivity index (χ3v) is 4.25. The lowest BCUT2D eigenvalue weighted by Crippen LogP contribution is -2.31. The monoisotopic (exact) mass is 385 g/mol. The maximum absolute atomic E-state index is 12.3. The molecule has 2 rings (SSSR count). The number of anilines is 2. The Balaban J connectivity index is 1.98. The third kappa shape index (κ3) is 5.90. The van der Waals surface area contributed by atoms with Gasteiger partial charge in [-0.25, -0.2) is 0 Å². The zero-order chi connectivity index (χ0) is 20.5. The number of nitrogens with one attached hydrogen (secondary N) is 3. The van der Waals surface area contributed by atoms with E-state index in [1.54, 1.807) is 49.6 Å².